The van der Waals surface area contributed by atoms with E-state index < -0.39 is 14.9 Å². The molecule has 2 rings (SSSR count). The Morgan fingerprint density at radius 2 is 2.00 bits per heavy atom. The van der Waals surface area contributed by atoms with E-state index in [1.165, 1.54) is 6.92 Å². The van der Waals surface area contributed by atoms with Crippen molar-refractivity contribution in [1.82, 2.24) is 4.98 Å². The second-order valence-electron chi connectivity index (χ2n) is 4.02. The first-order valence-electron chi connectivity index (χ1n) is 5.28. The molecule has 102 valence electrons. The third kappa shape index (κ3) is 2.99. The lowest BCUT2D eigenvalue weighted by Crippen LogP contribution is -2.13. The van der Waals surface area contributed by atoms with Crippen LogP contribution in [0.1, 0.15) is 11.3 Å². The summed E-state index contributed by atoms with van der Waals surface area (Å²) < 4.78 is 26.7. The Labute approximate surface area is 119 Å². The van der Waals surface area contributed by atoms with Crippen molar-refractivity contribution in [3.63, 3.8) is 0 Å². The zero-order chi connectivity index (χ0) is 14.2. The Hall–Kier alpha value is -1.31. The fourth-order valence-electron chi connectivity index (χ4n) is 1.56. The van der Waals surface area contributed by atoms with Crippen LogP contribution in [0.4, 0.5) is 5.69 Å². The van der Waals surface area contributed by atoms with Gasteiger partial charge in [0.25, 0.3) is 10.0 Å². The Balaban J connectivity index is 2.45. The molecule has 0 radical (unpaired) electrons. The molecule has 0 spiro atoms. The van der Waals surface area contributed by atoms with Crippen LogP contribution < -0.4 is 9.60 Å². The lowest BCUT2D eigenvalue weighted by Gasteiger charge is -2.09. The number of H-pyrrole nitrogens is 1. The molecule has 0 saturated heterocycles. The van der Waals surface area contributed by atoms with Crippen molar-refractivity contribution in [2.45, 2.75) is 18.1 Å². The van der Waals surface area contributed by atoms with Crippen LogP contribution in [0.2, 0.25) is 5.02 Å². The van der Waals surface area contributed by atoms with Gasteiger partial charge in [-0.1, -0.05) is 29.0 Å². The monoisotopic (exact) mass is 318 g/mol. The van der Waals surface area contributed by atoms with E-state index in [0.29, 0.717) is 27.7 Å². The fourth-order valence-corrected chi connectivity index (χ4v) is 4.15. The summed E-state index contributed by atoms with van der Waals surface area (Å²) in [5.74, 6) is 0. The van der Waals surface area contributed by atoms with Gasteiger partial charge in [0, 0.05) is 5.69 Å². The number of hydrogen-bond acceptors (Lipinski definition) is 4. The van der Waals surface area contributed by atoms with Crippen LogP contribution in [0.25, 0.3) is 0 Å². The van der Waals surface area contributed by atoms with Crippen LogP contribution >= 0.6 is 22.9 Å². The molecule has 0 amide bonds. The summed E-state index contributed by atoms with van der Waals surface area (Å²) in [5.41, 5.74) is 1.48. The molecule has 0 aliphatic heterocycles. The van der Waals surface area contributed by atoms with E-state index in [1.807, 2.05) is 6.92 Å². The molecular formula is C11H11ClN2O3S2. The first-order valence-corrected chi connectivity index (χ1v) is 7.96. The summed E-state index contributed by atoms with van der Waals surface area (Å²) in [5, 5.41) is 0.301. The van der Waals surface area contributed by atoms with Gasteiger partial charge in [0.05, 0.1) is 10.7 Å². The molecule has 0 fully saturated rings. The average molecular weight is 319 g/mol. The predicted octanol–water partition coefficient (Wildman–Crippen LogP) is 2.51. The molecule has 0 saturated carbocycles. The Morgan fingerprint density at radius 1 is 1.32 bits per heavy atom. The molecule has 19 heavy (non-hydrogen) atoms. The normalized spacial score (nSPS) is 11.5. The number of rotatable bonds is 3. The molecule has 0 unspecified atom stereocenters. The lowest BCUT2D eigenvalue weighted by atomic mass is 10.2. The van der Waals surface area contributed by atoms with Gasteiger partial charge in [-0.25, -0.2) is 8.42 Å². The van der Waals surface area contributed by atoms with E-state index in [1.54, 1.807) is 18.2 Å². The minimum absolute atomic E-state index is 0.0323. The maximum atomic E-state index is 12.2. The predicted molar refractivity (Wildman–Crippen MR) is 76.7 cm³/mol. The highest BCUT2D eigenvalue weighted by molar-refractivity contribution is 7.94. The molecule has 5 nitrogen and oxygen atoms in total. The molecule has 0 aliphatic rings. The molecule has 0 aliphatic carbocycles. The molecule has 0 bridgehead atoms. The van der Waals surface area contributed by atoms with Gasteiger partial charge in [-0.2, -0.15) is 0 Å². The van der Waals surface area contributed by atoms with E-state index in [-0.39, 0.29) is 4.21 Å². The van der Waals surface area contributed by atoms with Gasteiger partial charge < -0.3 is 4.98 Å². The largest absolute Gasteiger partial charge is 0.315 e. The second-order valence-corrected chi connectivity index (χ2v) is 7.28. The van der Waals surface area contributed by atoms with E-state index in [9.17, 15) is 13.2 Å². The fraction of sp³-hybridized carbons (Fsp3) is 0.182. The maximum absolute atomic E-state index is 12.2. The standard InChI is InChI=1S/C11H11ClN2O3S2/c1-6-3-4-8(12)9(5-6)14-19(16,17)10-7(2)13-11(15)18-10/h3-5,14H,1-2H3,(H,13,15). The van der Waals surface area contributed by atoms with Crippen molar-refractivity contribution in [3.8, 4) is 0 Å². The number of benzene rings is 1. The smallest absolute Gasteiger partial charge is 0.306 e. The van der Waals surface area contributed by atoms with E-state index >= 15 is 0 Å². The maximum Gasteiger partial charge on any atom is 0.306 e. The van der Waals surface area contributed by atoms with Crippen molar-refractivity contribution in [1.29, 1.82) is 0 Å². The van der Waals surface area contributed by atoms with E-state index in [2.05, 4.69) is 9.71 Å². The summed E-state index contributed by atoms with van der Waals surface area (Å²) in [6.45, 7) is 3.36. The van der Waals surface area contributed by atoms with Crippen LogP contribution in [0.5, 0.6) is 0 Å². The SMILES string of the molecule is Cc1ccc(Cl)c(NS(=O)(=O)c2sc(=O)[nH]c2C)c1. The highest BCUT2D eigenvalue weighted by Gasteiger charge is 2.21. The number of hydrogen-bond donors (Lipinski definition) is 2. The van der Waals surface area contributed by atoms with Crippen LogP contribution in [0.3, 0.4) is 0 Å². The number of sulfonamides is 1. The minimum Gasteiger partial charge on any atom is -0.315 e. The third-order valence-electron chi connectivity index (χ3n) is 2.39. The first kappa shape index (κ1) is 14.1. The third-order valence-corrected chi connectivity index (χ3v) is 5.69. The summed E-state index contributed by atoms with van der Waals surface area (Å²) in [4.78, 5) is 13.2. The van der Waals surface area contributed by atoms with Crippen molar-refractivity contribution < 1.29 is 8.42 Å². The van der Waals surface area contributed by atoms with Gasteiger partial charge >= 0.3 is 4.87 Å². The number of thiazole rings is 1. The minimum atomic E-state index is -3.81. The molecule has 2 aromatic rings. The van der Waals surface area contributed by atoms with E-state index in [0.717, 1.165) is 5.56 Å². The van der Waals surface area contributed by atoms with Crippen LogP contribution in [0, 0.1) is 13.8 Å². The second kappa shape index (κ2) is 4.99. The number of aryl methyl sites for hydroxylation is 2. The topological polar surface area (TPSA) is 79.0 Å². The number of anilines is 1. The van der Waals surface area contributed by atoms with Crippen molar-refractivity contribution in [2.24, 2.45) is 0 Å². The molecular weight excluding hydrogens is 308 g/mol. The van der Waals surface area contributed by atoms with Gasteiger partial charge in [-0.15, -0.1) is 0 Å². The zero-order valence-electron chi connectivity index (χ0n) is 10.2. The molecule has 8 heteroatoms. The number of aromatic amines is 1. The summed E-state index contributed by atoms with van der Waals surface area (Å²) in [6.07, 6.45) is 0. The molecule has 0 atom stereocenters. The summed E-state index contributed by atoms with van der Waals surface area (Å²) >= 11 is 6.59. The molecule has 2 N–H and O–H groups in total. The quantitative estimate of drug-likeness (QED) is 0.912. The van der Waals surface area contributed by atoms with Crippen LogP contribution in [-0.4, -0.2) is 13.4 Å². The van der Waals surface area contributed by atoms with Gasteiger partial charge in [-0.05, 0) is 31.5 Å². The summed E-state index contributed by atoms with van der Waals surface area (Å²) in [6, 6.07) is 5.02. The molecule has 1 aromatic carbocycles. The summed E-state index contributed by atoms with van der Waals surface area (Å²) in [7, 11) is -3.81. The van der Waals surface area contributed by atoms with Crippen molar-refractivity contribution >= 4 is 38.6 Å². The Kier molecular flexibility index (Phi) is 3.71. The number of halogens is 1. The lowest BCUT2D eigenvalue weighted by molar-refractivity contribution is 0.602. The van der Waals surface area contributed by atoms with Gasteiger partial charge in [0.15, 0.2) is 4.21 Å². The zero-order valence-corrected chi connectivity index (χ0v) is 12.5. The van der Waals surface area contributed by atoms with E-state index in [4.69, 9.17) is 11.6 Å². The van der Waals surface area contributed by atoms with Crippen molar-refractivity contribution in [2.75, 3.05) is 4.72 Å². The van der Waals surface area contributed by atoms with Crippen molar-refractivity contribution in [3.05, 3.63) is 44.1 Å². The molecule has 1 aromatic heterocycles. The number of nitrogens with one attached hydrogen (secondary N) is 2. The first-order chi connectivity index (χ1) is 8.79. The highest BCUT2D eigenvalue weighted by atomic mass is 35.5. The highest BCUT2D eigenvalue weighted by Crippen LogP contribution is 2.27. The van der Waals surface area contributed by atoms with Gasteiger partial charge in [-0.3, -0.25) is 9.52 Å². The van der Waals surface area contributed by atoms with Gasteiger partial charge in [0.2, 0.25) is 0 Å². The molecule has 1 heterocycles. The van der Waals surface area contributed by atoms with Crippen LogP contribution in [-0.2, 0) is 10.0 Å². The number of aromatic nitrogens is 1. The Bertz CT molecular complexity index is 777. The Morgan fingerprint density at radius 3 is 2.58 bits per heavy atom. The average Bonchev–Trinajstić information content (AvgIpc) is 2.63. The van der Waals surface area contributed by atoms with Gasteiger partial charge in [0.1, 0.15) is 0 Å². The van der Waals surface area contributed by atoms with Crippen LogP contribution in [0.15, 0.2) is 27.2 Å².